The molecule has 0 fully saturated rings. The lowest BCUT2D eigenvalue weighted by Crippen LogP contribution is -2.35. The van der Waals surface area contributed by atoms with Crippen molar-refractivity contribution < 1.29 is 4.74 Å². The average Bonchev–Trinajstić information content (AvgIpc) is 2.67. The number of nitrogens with zero attached hydrogens (tertiary/aromatic N) is 2. The van der Waals surface area contributed by atoms with Gasteiger partial charge in [-0.3, -0.25) is 4.68 Å². The van der Waals surface area contributed by atoms with Crippen molar-refractivity contribution in [3.05, 3.63) is 16.9 Å². The lowest BCUT2D eigenvalue weighted by molar-refractivity contribution is 0.0103. The molecule has 104 valence electrons. The van der Waals surface area contributed by atoms with E-state index in [0.29, 0.717) is 17.5 Å². The molecule has 4 nitrogen and oxygen atoms in total. The highest BCUT2D eigenvalue weighted by atomic mass is 35.5. The molecule has 0 saturated carbocycles. The Bertz CT molecular complexity index is 365. The standard InChI is InChI=1S/C13H24ClN3O/c1-5-7-17-12(10(14)8-16-17)11(15)13(9(3)4)18-6-2/h8-9,11,13H,5-7,15H2,1-4H3. The molecule has 0 amide bonds. The van der Waals surface area contributed by atoms with Crippen LogP contribution in [0, 0.1) is 5.92 Å². The third-order valence-electron chi connectivity index (χ3n) is 2.95. The summed E-state index contributed by atoms with van der Waals surface area (Å²) in [5.41, 5.74) is 7.21. The van der Waals surface area contributed by atoms with Crippen LogP contribution in [0.25, 0.3) is 0 Å². The zero-order valence-electron chi connectivity index (χ0n) is 11.7. The van der Waals surface area contributed by atoms with Gasteiger partial charge in [-0.2, -0.15) is 5.10 Å². The molecule has 0 aliphatic heterocycles. The third-order valence-corrected chi connectivity index (χ3v) is 3.25. The van der Waals surface area contributed by atoms with Crippen LogP contribution in [0.4, 0.5) is 0 Å². The Morgan fingerprint density at radius 2 is 2.11 bits per heavy atom. The van der Waals surface area contributed by atoms with E-state index < -0.39 is 0 Å². The highest BCUT2D eigenvalue weighted by Crippen LogP contribution is 2.28. The molecule has 2 N–H and O–H groups in total. The Balaban J connectivity index is 2.99. The Morgan fingerprint density at radius 3 is 2.61 bits per heavy atom. The van der Waals surface area contributed by atoms with Gasteiger partial charge in [-0.05, 0) is 19.3 Å². The van der Waals surface area contributed by atoms with E-state index in [9.17, 15) is 0 Å². The fourth-order valence-electron chi connectivity index (χ4n) is 2.15. The molecule has 0 spiro atoms. The summed E-state index contributed by atoms with van der Waals surface area (Å²) in [6, 6.07) is -0.244. The van der Waals surface area contributed by atoms with E-state index in [1.807, 2.05) is 11.6 Å². The van der Waals surface area contributed by atoms with E-state index >= 15 is 0 Å². The van der Waals surface area contributed by atoms with Crippen LogP contribution >= 0.6 is 11.6 Å². The molecular weight excluding hydrogens is 250 g/mol. The van der Waals surface area contributed by atoms with Gasteiger partial charge >= 0.3 is 0 Å². The molecule has 0 bridgehead atoms. The molecule has 1 heterocycles. The van der Waals surface area contributed by atoms with Crippen molar-refractivity contribution in [1.82, 2.24) is 9.78 Å². The van der Waals surface area contributed by atoms with Gasteiger partial charge in [0.1, 0.15) is 0 Å². The topological polar surface area (TPSA) is 53.1 Å². The minimum absolute atomic E-state index is 0.0418. The van der Waals surface area contributed by atoms with Crippen molar-refractivity contribution in [3.8, 4) is 0 Å². The second kappa shape index (κ2) is 7.12. The second-order valence-electron chi connectivity index (χ2n) is 4.79. The molecule has 0 aromatic carbocycles. The number of hydrogen-bond donors (Lipinski definition) is 1. The number of ether oxygens (including phenoxy) is 1. The largest absolute Gasteiger partial charge is 0.376 e. The molecule has 1 aromatic heterocycles. The maximum Gasteiger partial charge on any atom is 0.0835 e. The van der Waals surface area contributed by atoms with E-state index in [4.69, 9.17) is 22.1 Å². The van der Waals surface area contributed by atoms with Crippen molar-refractivity contribution in [3.63, 3.8) is 0 Å². The summed E-state index contributed by atoms with van der Waals surface area (Å²) in [7, 11) is 0. The van der Waals surface area contributed by atoms with Crippen LogP contribution in [-0.4, -0.2) is 22.5 Å². The van der Waals surface area contributed by atoms with Gasteiger partial charge < -0.3 is 10.5 Å². The molecule has 0 saturated heterocycles. The molecule has 2 unspecified atom stereocenters. The number of halogens is 1. The van der Waals surface area contributed by atoms with E-state index in [2.05, 4.69) is 25.9 Å². The molecule has 5 heteroatoms. The molecule has 0 aliphatic rings. The van der Waals surface area contributed by atoms with Gasteiger partial charge in [-0.15, -0.1) is 0 Å². The average molecular weight is 274 g/mol. The molecule has 1 rings (SSSR count). The number of rotatable bonds is 7. The molecule has 0 radical (unpaired) electrons. The maximum atomic E-state index is 6.33. The first-order valence-electron chi connectivity index (χ1n) is 6.61. The van der Waals surface area contributed by atoms with E-state index in [1.165, 1.54) is 0 Å². The van der Waals surface area contributed by atoms with Gasteiger partial charge in [0, 0.05) is 13.2 Å². The summed E-state index contributed by atoms with van der Waals surface area (Å²) in [5, 5.41) is 4.90. The normalized spacial score (nSPS) is 15.1. The summed E-state index contributed by atoms with van der Waals surface area (Å²) in [6.07, 6.45) is 2.62. The predicted octanol–water partition coefficient (Wildman–Crippen LogP) is 3.01. The molecular formula is C13H24ClN3O. The monoisotopic (exact) mass is 273 g/mol. The molecule has 0 aliphatic carbocycles. The quantitative estimate of drug-likeness (QED) is 0.831. The zero-order valence-corrected chi connectivity index (χ0v) is 12.4. The Kier molecular flexibility index (Phi) is 6.12. The van der Waals surface area contributed by atoms with Crippen LogP contribution in [0.15, 0.2) is 6.20 Å². The smallest absolute Gasteiger partial charge is 0.0835 e. The van der Waals surface area contributed by atoms with E-state index in [0.717, 1.165) is 18.7 Å². The van der Waals surface area contributed by atoms with Gasteiger partial charge in [-0.25, -0.2) is 0 Å². The van der Waals surface area contributed by atoms with Crippen LogP contribution in [0.2, 0.25) is 5.02 Å². The number of hydrogen-bond acceptors (Lipinski definition) is 3. The molecule has 18 heavy (non-hydrogen) atoms. The first-order valence-corrected chi connectivity index (χ1v) is 6.99. The Morgan fingerprint density at radius 1 is 1.44 bits per heavy atom. The summed E-state index contributed by atoms with van der Waals surface area (Å²) in [4.78, 5) is 0. The van der Waals surface area contributed by atoms with Gasteiger partial charge in [0.15, 0.2) is 0 Å². The highest BCUT2D eigenvalue weighted by Gasteiger charge is 2.28. The fraction of sp³-hybridized carbons (Fsp3) is 0.769. The summed E-state index contributed by atoms with van der Waals surface area (Å²) < 4.78 is 7.64. The van der Waals surface area contributed by atoms with Crippen LogP contribution in [0.3, 0.4) is 0 Å². The lowest BCUT2D eigenvalue weighted by atomic mass is 9.97. The Labute approximate surface area is 114 Å². The van der Waals surface area contributed by atoms with Crippen molar-refractivity contribution in [2.45, 2.75) is 52.8 Å². The second-order valence-corrected chi connectivity index (χ2v) is 5.20. The lowest BCUT2D eigenvalue weighted by Gasteiger charge is -2.28. The minimum atomic E-state index is -0.244. The first kappa shape index (κ1) is 15.5. The van der Waals surface area contributed by atoms with Crippen molar-refractivity contribution in [2.24, 2.45) is 11.7 Å². The van der Waals surface area contributed by atoms with E-state index in [-0.39, 0.29) is 12.1 Å². The fourth-order valence-corrected chi connectivity index (χ4v) is 2.42. The number of nitrogens with two attached hydrogens (primary N) is 1. The van der Waals surface area contributed by atoms with Crippen molar-refractivity contribution in [1.29, 1.82) is 0 Å². The first-order chi connectivity index (χ1) is 8.52. The highest BCUT2D eigenvalue weighted by molar-refractivity contribution is 6.31. The van der Waals surface area contributed by atoms with Crippen LogP contribution in [-0.2, 0) is 11.3 Å². The summed E-state index contributed by atoms with van der Waals surface area (Å²) in [6.45, 7) is 9.77. The van der Waals surface area contributed by atoms with Gasteiger partial charge in [0.25, 0.3) is 0 Å². The van der Waals surface area contributed by atoms with Crippen LogP contribution in [0.1, 0.15) is 45.9 Å². The summed E-state index contributed by atoms with van der Waals surface area (Å²) in [5.74, 6) is 0.334. The summed E-state index contributed by atoms with van der Waals surface area (Å²) >= 11 is 6.21. The van der Waals surface area contributed by atoms with Crippen molar-refractivity contribution >= 4 is 11.6 Å². The third kappa shape index (κ3) is 3.46. The van der Waals surface area contributed by atoms with Gasteiger partial charge in [0.2, 0.25) is 0 Å². The maximum absolute atomic E-state index is 6.33. The predicted molar refractivity (Wildman–Crippen MR) is 74.7 cm³/mol. The minimum Gasteiger partial charge on any atom is -0.376 e. The van der Waals surface area contributed by atoms with E-state index in [1.54, 1.807) is 6.20 Å². The van der Waals surface area contributed by atoms with Crippen molar-refractivity contribution in [2.75, 3.05) is 6.61 Å². The van der Waals surface area contributed by atoms with Gasteiger partial charge in [-0.1, -0.05) is 32.4 Å². The Hall–Kier alpha value is -0.580. The van der Waals surface area contributed by atoms with Crippen LogP contribution < -0.4 is 5.73 Å². The van der Waals surface area contributed by atoms with Gasteiger partial charge in [0.05, 0.1) is 29.1 Å². The van der Waals surface area contributed by atoms with Crippen LogP contribution in [0.5, 0.6) is 0 Å². The molecule has 2 atom stereocenters. The zero-order chi connectivity index (χ0) is 13.7. The number of aryl methyl sites for hydroxylation is 1. The SMILES string of the molecule is CCCn1ncc(Cl)c1C(N)C(OCC)C(C)C. The number of aromatic nitrogens is 2. The molecule has 1 aromatic rings.